The molecule has 1 N–H and O–H groups in total. The van der Waals surface area contributed by atoms with Gasteiger partial charge in [-0.05, 0) is 18.8 Å². The first-order valence-corrected chi connectivity index (χ1v) is 4.70. The Labute approximate surface area is 84.6 Å². The van der Waals surface area contributed by atoms with Crippen molar-refractivity contribution in [2.24, 2.45) is 21.1 Å². The van der Waals surface area contributed by atoms with Crippen molar-refractivity contribution >= 4 is 11.4 Å². The summed E-state index contributed by atoms with van der Waals surface area (Å²) in [4.78, 5) is 4.67. The van der Waals surface area contributed by atoms with Crippen molar-refractivity contribution in [2.75, 3.05) is 7.11 Å². The fourth-order valence-corrected chi connectivity index (χ4v) is 2.01. The molecule has 80 valence electrons. The highest BCUT2D eigenvalue weighted by molar-refractivity contribution is 6.43. The first-order chi connectivity index (χ1) is 6.39. The highest BCUT2D eigenvalue weighted by Gasteiger charge is 2.61. The van der Waals surface area contributed by atoms with E-state index in [-0.39, 0.29) is 10.8 Å². The molecule has 0 aromatic rings. The van der Waals surface area contributed by atoms with E-state index in [0.29, 0.717) is 11.4 Å². The van der Waals surface area contributed by atoms with Crippen LogP contribution in [0.15, 0.2) is 10.3 Å². The van der Waals surface area contributed by atoms with E-state index < -0.39 is 0 Å². The Hall–Kier alpha value is -1.06. The SMILES string of the molecule is CO/N=C(C)\C(=N\O)C1(C)CC1(C)C. The van der Waals surface area contributed by atoms with Crippen LogP contribution in [0.4, 0.5) is 0 Å². The summed E-state index contributed by atoms with van der Waals surface area (Å²) in [6, 6.07) is 0. The Morgan fingerprint density at radius 2 is 1.86 bits per heavy atom. The van der Waals surface area contributed by atoms with Crippen LogP contribution in [0.25, 0.3) is 0 Å². The molecular formula is C10H18N2O2. The predicted octanol–water partition coefficient (Wildman–Crippen LogP) is 2.28. The second-order valence-corrected chi connectivity index (χ2v) is 4.70. The molecule has 0 bridgehead atoms. The van der Waals surface area contributed by atoms with E-state index >= 15 is 0 Å². The van der Waals surface area contributed by atoms with Crippen LogP contribution < -0.4 is 0 Å². The quantitative estimate of drug-likeness (QED) is 0.429. The van der Waals surface area contributed by atoms with Gasteiger partial charge in [-0.25, -0.2) is 0 Å². The van der Waals surface area contributed by atoms with Crippen LogP contribution >= 0.6 is 0 Å². The van der Waals surface area contributed by atoms with Crippen LogP contribution in [-0.4, -0.2) is 23.7 Å². The molecule has 0 aromatic carbocycles. The Bertz CT molecular complexity index is 294. The first kappa shape index (κ1) is 11.0. The zero-order valence-electron chi connectivity index (χ0n) is 9.46. The normalized spacial score (nSPS) is 31.5. The number of hydrogen-bond acceptors (Lipinski definition) is 4. The zero-order chi connectivity index (χ0) is 11.0. The minimum absolute atomic E-state index is 0.0755. The molecule has 14 heavy (non-hydrogen) atoms. The van der Waals surface area contributed by atoms with Gasteiger partial charge >= 0.3 is 0 Å². The molecule has 0 saturated heterocycles. The third-order valence-electron chi connectivity index (χ3n) is 3.36. The van der Waals surface area contributed by atoms with E-state index in [1.165, 1.54) is 7.11 Å². The number of hydrogen-bond donors (Lipinski definition) is 1. The van der Waals surface area contributed by atoms with Crippen molar-refractivity contribution in [1.82, 2.24) is 0 Å². The van der Waals surface area contributed by atoms with Crippen LogP contribution in [0.3, 0.4) is 0 Å². The van der Waals surface area contributed by atoms with E-state index in [0.717, 1.165) is 6.42 Å². The lowest BCUT2D eigenvalue weighted by Gasteiger charge is -2.15. The molecule has 4 nitrogen and oxygen atoms in total. The lowest BCUT2D eigenvalue weighted by molar-refractivity contribution is 0.213. The van der Waals surface area contributed by atoms with E-state index in [1.807, 2.05) is 0 Å². The molecule has 0 aromatic heterocycles. The van der Waals surface area contributed by atoms with Crippen molar-refractivity contribution in [3.63, 3.8) is 0 Å². The molecule has 0 heterocycles. The third-order valence-corrected chi connectivity index (χ3v) is 3.36. The van der Waals surface area contributed by atoms with Gasteiger partial charge in [0.2, 0.25) is 0 Å². The summed E-state index contributed by atoms with van der Waals surface area (Å²) in [5, 5.41) is 16.1. The minimum atomic E-state index is -0.0755. The van der Waals surface area contributed by atoms with Gasteiger partial charge in [-0.2, -0.15) is 0 Å². The Morgan fingerprint density at radius 3 is 2.14 bits per heavy atom. The fourth-order valence-electron chi connectivity index (χ4n) is 2.01. The monoisotopic (exact) mass is 198 g/mol. The van der Waals surface area contributed by atoms with Gasteiger partial charge < -0.3 is 10.0 Å². The van der Waals surface area contributed by atoms with Crippen molar-refractivity contribution in [2.45, 2.75) is 34.1 Å². The summed E-state index contributed by atoms with van der Waals surface area (Å²) in [6.07, 6.45) is 1.01. The molecule has 1 saturated carbocycles. The summed E-state index contributed by atoms with van der Waals surface area (Å²) in [7, 11) is 1.48. The topological polar surface area (TPSA) is 54.2 Å². The molecule has 1 unspecified atom stereocenters. The first-order valence-electron chi connectivity index (χ1n) is 4.70. The second-order valence-electron chi connectivity index (χ2n) is 4.70. The highest BCUT2D eigenvalue weighted by Crippen LogP contribution is 2.64. The molecule has 0 spiro atoms. The molecule has 1 atom stereocenters. The molecule has 1 aliphatic rings. The van der Waals surface area contributed by atoms with Gasteiger partial charge in [-0.1, -0.05) is 31.1 Å². The van der Waals surface area contributed by atoms with Gasteiger partial charge in [0.15, 0.2) is 0 Å². The summed E-state index contributed by atoms with van der Waals surface area (Å²) in [5.41, 5.74) is 1.37. The predicted molar refractivity (Wildman–Crippen MR) is 55.8 cm³/mol. The average Bonchev–Trinajstić information content (AvgIpc) is 2.52. The largest absolute Gasteiger partial charge is 0.411 e. The maximum absolute atomic E-state index is 8.98. The standard InChI is InChI=1S/C10H18N2O2/c1-7(12-14-5)8(11-13)10(4)6-9(10,2)3/h13H,6H2,1-5H3/b11-8-,12-7-. The van der Waals surface area contributed by atoms with Crippen LogP contribution in [-0.2, 0) is 4.84 Å². The van der Waals surface area contributed by atoms with E-state index in [1.54, 1.807) is 6.92 Å². The fraction of sp³-hybridized carbons (Fsp3) is 0.800. The summed E-state index contributed by atoms with van der Waals surface area (Å²) in [5.74, 6) is 0. The molecule has 4 heteroatoms. The smallest absolute Gasteiger partial charge is 0.110 e. The zero-order valence-corrected chi connectivity index (χ0v) is 9.46. The third kappa shape index (κ3) is 1.49. The molecule has 0 amide bonds. The number of nitrogens with zero attached hydrogens (tertiary/aromatic N) is 2. The highest BCUT2D eigenvalue weighted by atomic mass is 16.6. The summed E-state index contributed by atoms with van der Waals surface area (Å²) >= 11 is 0. The van der Waals surface area contributed by atoms with Gasteiger partial charge in [-0.3, -0.25) is 0 Å². The maximum atomic E-state index is 8.98. The van der Waals surface area contributed by atoms with E-state index in [9.17, 15) is 0 Å². The van der Waals surface area contributed by atoms with E-state index in [4.69, 9.17) is 5.21 Å². The van der Waals surface area contributed by atoms with E-state index in [2.05, 4.69) is 35.9 Å². The lowest BCUT2D eigenvalue weighted by Crippen LogP contribution is -2.25. The summed E-state index contributed by atoms with van der Waals surface area (Å²) < 4.78 is 0. The molecule has 1 rings (SSSR count). The van der Waals surface area contributed by atoms with Gasteiger partial charge in [0, 0.05) is 5.41 Å². The molecule has 1 aliphatic carbocycles. The van der Waals surface area contributed by atoms with Crippen LogP contribution in [0, 0.1) is 10.8 Å². The Balaban J connectivity index is 2.92. The van der Waals surface area contributed by atoms with Crippen molar-refractivity contribution in [3.05, 3.63) is 0 Å². The van der Waals surface area contributed by atoms with Crippen molar-refractivity contribution in [3.8, 4) is 0 Å². The Morgan fingerprint density at radius 1 is 1.36 bits per heavy atom. The molecule has 1 fully saturated rings. The number of oxime groups is 2. The Kier molecular flexibility index (Phi) is 2.56. The second kappa shape index (κ2) is 3.26. The minimum Gasteiger partial charge on any atom is -0.411 e. The van der Waals surface area contributed by atoms with Gasteiger partial charge in [0.05, 0.1) is 0 Å². The van der Waals surface area contributed by atoms with Crippen molar-refractivity contribution in [1.29, 1.82) is 0 Å². The van der Waals surface area contributed by atoms with Crippen molar-refractivity contribution < 1.29 is 10.0 Å². The molecule has 0 radical (unpaired) electrons. The maximum Gasteiger partial charge on any atom is 0.110 e. The van der Waals surface area contributed by atoms with Gasteiger partial charge in [0.1, 0.15) is 18.5 Å². The number of rotatable bonds is 3. The molecular weight excluding hydrogens is 180 g/mol. The van der Waals surface area contributed by atoms with Crippen LogP contribution in [0.1, 0.15) is 34.1 Å². The molecule has 0 aliphatic heterocycles. The summed E-state index contributed by atoms with van der Waals surface area (Å²) in [6.45, 7) is 8.17. The van der Waals surface area contributed by atoms with Crippen LogP contribution in [0.2, 0.25) is 0 Å². The van der Waals surface area contributed by atoms with Gasteiger partial charge in [-0.15, -0.1) is 0 Å². The lowest BCUT2D eigenvalue weighted by atomic mass is 9.90. The average molecular weight is 198 g/mol. The van der Waals surface area contributed by atoms with Crippen LogP contribution in [0.5, 0.6) is 0 Å². The van der Waals surface area contributed by atoms with Gasteiger partial charge in [0.25, 0.3) is 0 Å².